The fourth-order valence-electron chi connectivity index (χ4n) is 3.25. The van der Waals surface area contributed by atoms with Crippen LogP contribution >= 0.6 is 0 Å². The quantitative estimate of drug-likeness (QED) is 0.866. The molecule has 1 aromatic heterocycles. The molecule has 1 N–H and O–H groups in total. The number of rotatable bonds is 3. The first-order valence-corrected chi connectivity index (χ1v) is 8.75. The SMILES string of the molecule is O=C(c1cnc2c(c1)N(Cc1ccccc1)C(=O)CN2)N1CC=CCC1. The monoisotopic (exact) mass is 348 g/mol. The second-order valence-electron chi connectivity index (χ2n) is 6.42. The van der Waals surface area contributed by atoms with Crippen molar-refractivity contribution in [2.45, 2.75) is 13.0 Å². The van der Waals surface area contributed by atoms with Gasteiger partial charge < -0.3 is 15.1 Å². The van der Waals surface area contributed by atoms with E-state index in [9.17, 15) is 9.59 Å². The van der Waals surface area contributed by atoms with Crippen LogP contribution in [0.3, 0.4) is 0 Å². The highest BCUT2D eigenvalue weighted by Gasteiger charge is 2.27. The molecule has 3 heterocycles. The van der Waals surface area contributed by atoms with E-state index in [4.69, 9.17) is 0 Å². The molecular formula is C20H20N4O2. The van der Waals surface area contributed by atoms with E-state index in [2.05, 4.69) is 16.4 Å². The summed E-state index contributed by atoms with van der Waals surface area (Å²) in [6, 6.07) is 11.6. The van der Waals surface area contributed by atoms with Gasteiger partial charge in [-0.25, -0.2) is 4.98 Å². The van der Waals surface area contributed by atoms with Crippen LogP contribution in [0.4, 0.5) is 11.5 Å². The Balaban J connectivity index is 1.64. The molecule has 26 heavy (non-hydrogen) atoms. The highest BCUT2D eigenvalue weighted by atomic mass is 16.2. The lowest BCUT2D eigenvalue weighted by molar-refractivity contribution is -0.117. The average Bonchev–Trinajstić information content (AvgIpc) is 2.71. The molecule has 0 bridgehead atoms. The minimum atomic E-state index is -0.0534. The van der Waals surface area contributed by atoms with Crippen molar-refractivity contribution in [3.63, 3.8) is 0 Å². The van der Waals surface area contributed by atoms with E-state index in [1.807, 2.05) is 36.4 Å². The van der Waals surface area contributed by atoms with Gasteiger partial charge in [-0.15, -0.1) is 0 Å². The number of nitrogens with zero attached hydrogens (tertiary/aromatic N) is 3. The van der Waals surface area contributed by atoms with Crippen molar-refractivity contribution in [2.24, 2.45) is 0 Å². The average molecular weight is 348 g/mol. The Hall–Kier alpha value is -3.15. The molecule has 2 amide bonds. The number of hydrogen-bond acceptors (Lipinski definition) is 4. The maximum Gasteiger partial charge on any atom is 0.255 e. The molecule has 0 unspecified atom stereocenters. The smallest absolute Gasteiger partial charge is 0.255 e. The standard InChI is InChI=1S/C20H20N4O2/c25-18-13-22-19-17(24(18)14-15-7-3-1-4-8-15)11-16(12-21-19)20(26)23-9-5-2-6-10-23/h1-5,7-8,11-12H,6,9-10,13-14H2,(H,21,22). The number of nitrogens with one attached hydrogen (secondary N) is 1. The van der Waals surface area contributed by atoms with E-state index in [1.165, 1.54) is 0 Å². The number of benzene rings is 1. The van der Waals surface area contributed by atoms with Crippen molar-refractivity contribution < 1.29 is 9.59 Å². The lowest BCUT2D eigenvalue weighted by Crippen LogP contribution is -2.40. The van der Waals surface area contributed by atoms with Crippen molar-refractivity contribution in [1.82, 2.24) is 9.88 Å². The summed E-state index contributed by atoms with van der Waals surface area (Å²) in [6.45, 7) is 1.98. The summed E-state index contributed by atoms with van der Waals surface area (Å²) in [5, 5.41) is 3.04. The highest BCUT2D eigenvalue weighted by molar-refractivity contribution is 6.04. The van der Waals surface area contributed by atoms with Gasteiger partial charge in [0.25, 0.3) is 5.91 Å². The van der Waals surface area contributed by atoms with E-state index in [-0.39, 0.29) is 18.4 Å². The molecule has 0 saturated carbocycles. The third kappa shape index (κ3) is 3.18. The van der Waals surface area contributed by atoms with Gasteiger partial charge in [0.15, 0.2) is 5.82 Å². The third-order valence-corrected chi connectivity index (χ3v) is 4.64. The van der Waals surface area contributed by atoms with Crippen LogP contribution in [0.1, 0.15) is 22.3 Å². The van der Waals surface area contributed by atoms with E-state index < -0.39 is 0 Å². The van der Waals surface area contributed by atoms with Crippen LogP contribution in [0.25, 0.3) is 0 Å². The first kappa shape index (κ1) is 16.3. The van der Waals surface area contributed by atoms with E-state index >= 15 is 0 Å². The number of fused-ring (bicyclic) bond motifs is 1. The minimum Gasteiger partial charge on any atom is -0.359 e. The molecule has 2 aliphatic heterocycles. The highest BCUT2D eigenvalue weighted by Crippen LogP contribution is 2.30. The molecular weight excluding hydrogens is 328 g/mol. The predicted molar refractivity (Wildman–Crippen MR) is 100 cm³/mol. The van der Waals surface area contributed by atoms with Gasteiger partial charge in [-0.2, -0.15) is 0 Å². The van der Waals surface area contributed by atoms with Gasteiger partial charge in [-0.05, 0) is 18.1 Å². The Kier molecular flexibility index (Phi) is 4.39. The summed E-state index contributed by atoms with van der Waals surface area (Å²) in [5.41, 5.74) is 2.20. The number of pyridine rings is 1. The van der Waals surface area contributed by atoms with Crippen LogP contribution < -0.4 is 10.2 Å². The number of amides is 2. The van der Waals surface area contributed by atoms with Gasteiger partial charge in [0.05, 0.1) is 24.3 Å². The molecule has 0 atom stereocenters. The zero-order valence-corrected chi connectivity index (χ0v) is 14.4. The van der Waals surface area contributed by atoms with Crippen molar-refractivity contribution >= 4 is 23.3 Å². The van der Waals surface area contributed by atoms with Gasteiger partial charge in [0, 0.05) is 19.3 Å². The summed E-state index contributed by atoms with van der Waals surface area (Å²) in [4.78, 5) is 33.1. The molecule has 0 radical (unpaired) electrons. The summed E-state index contributed by atoms with van der Waals surface area (Å²) < 4.78 is 0. The van der Waals surface area contributed by atoms with Crippen LogP contribution in [-0.4, -0.2) is 41.3 Å². The van der Waals surface area contributed by atoms with E-state index in [0.29, 0.717) is 36.7 Å². The molecule has 6 heteroatoms. The number of carbonyl (C=O) groups is 2. The molecule has 0 fully saturated rings. The Labute approximate surface area is 152 Å². The molecule has 2 aromatic rings. The predicted octanol–water partition coefficient (Wildman–Crippen LogP) is 2.44. The van der Waals surface area contributed by atoms with Crippen molar-refractivity contribution in [2.75, 3.05) is 29.9 Å². The fraction of sp³-hybridized carbons (Fsp3) is 0.250. The molecule has 0 spiro atoms. The molecule has 0 aliphatic carbocycles. The fourth-order valence-corrected chi connectivity index (χ4v) is 3.25. The first-order valence-electron chi connectivity index (χ1n) is 8.75. The number of aromatic nitrogens is 1. The molecule has 1 aromatic carbocycles. The number of anilines is 2. The molecule has 2 aliphatic rings. The second-order valence-corrected chi connectivity index (χ2v) is 6.42. The Morgan fingerprint density at radius 2 is 2.04 bits per heavy atom. The zero-order valence-electron chi connectivity index (χ0n) is 14.4. The second kappa shape index (κ2) is 7.00. The van der Waals surface area contributed by atoms with Crippen LogP contribution in [0.5, 0.6) is 0 Å². The maximum absolute atomic E-state index is 12.8. The summed E-state index contributed by atoms with van der Waals surface area (Å²) in [5.74, 6) is 0.548. The maximum atomic E-state index is 12.8. The largest absolute Gasteiger partial charge is 0.359 e. The van der Waals surface area contributed by atoms with Gasteiger partial charge in [0.2, 0.25) is 5.91 Å². The zero-order chi connectivity index (χ0) is 17.9. The molecule has 0 saturated heterocycles. The van der Waals surface area contributed by atoms with Crippen molar-refractivity contribution in [3.05, 3.63) is 65.9 Å². The summed E-state index contributed by atoms with van der Waals surface area (Å²) in [6.07, 6.45) is 6.53. The Morgan fingerprint density at radius 1 is 1.19 bits per heavy atom. The Morgan fingerprint density at radius 3 is 2.81 bits per heavy atom. The molecule has 6 nitrogen and oxygen atoms in total. The first-order chi connectivity index (χ1) is 12.7. The van der Waals surface area contributed by atoms with Gasteiger partial charge in [0.1, 0.15) is 0 Å². The Bertz CT molecular complexity index is 863. The molecule has 4 rings (SSSR count). The lowest BCUT2D eigenvalue weighted by atomic mass is 10.1. The molecule has 132 valence electrons. The van der Waals surface area contributed by atoms with E-state index in [0.717, 1.165) is 12.0 Å². The van der Waals surface area contributed by atoms with Gasteiger partial charge >= 0.3 is 0 Å². The number of carbonyl (C=O) groups excluding carboxylic acids is 2. The summed E-state index contributed by atoms with van der Waals surface area (Å²) >= 11 is 0. The number of hydrogen-bond donors (Lipinski definition) is 1. The topological polar surface area (TPSA) is 65.5 Å². The van der Waals surface area contributed by atoms with Crippen LogP contribution in [0.15, 0.2) is 54.7 Å². The van der Waals surface area contributed by atoms with Crippen LogP contribution in [0, 0.1) is 0 Å². The van der Waals surface area contributed by atoms with Gasteiger partial charge in [-0.3, -0.25) is 9.59 Å². The van der Waals surface area contributed by atoms with Crippen molar-refractivity contribution in [1.29, 1.82) is 0 Å². The van der Waals surface area contributed by atoms with Gasteiger partial charge in [-0.1, -0.05) is 42.5 Å². The lowest BCUT2D eigenvalue weighted by Gasteiger charge is -2.30. The summed E-state index contributed by atoms with van der Waals surface area (Å²) in [7, 11) is 0. The van der Waals surface area contributed by atoms with E-state index in [1.54, 1.807) is 22.1 Å². The minimum absolute atomic E-state index is 0.0337. The normalized spacial score (nSPS) is 16.2. The van der Waals surface area contributed by atoms with Crippen LogP contribution in [0.2, 0.25) is 0 Å². The van der Waals surface area contributed by atoms with Crippen LogP contribution in [-0.2, 0) is 11.3 Å². The third-order valence-electron chi connectivity index (χ3n) is 4.64. The van der Waals surface area contributed by atoms with Crippen molar-refractivity contribution in [3.8, 4) is 0 Å².